The summed E-state index contributed by atoms with van der Waals surface area (Å²) in [6, 6.07) is 0. The highest BCUT2D eigenvalue weighted by Crippen LogP contribution is 2.60. The van der Waals surface area contributed by atoms with Crippen molar-refractivity contribution >= 4 is 17.5 Å². The van der Waals surface area contributed by atoms with Crippen LogP contribution in [0.25, 0.3) is 0 Å². The fourth-order valence-electron chi connectivity index (χ4n) is 6.73. The van der Waals surface area contributed by atoms with E-state index >= 15 is 0 Å². The van der Waals surface area contributed by atoms with E-state index in [1.165, 1.54) is 25.6 Å². The number of nitro groups is 1. The Hall–Kier alpha value is -2.12. The smallest absolute Gasteiger partial charge is 0.358 e. The fraction of sp³-hybridized carbons (Fsp3) is 0.789. The van der Waals surface area contributed by atoms with Crippen LogP contribution in [-0.4, -0.2) is 51.5 Å². The van der Waals surface area contributed by atoms with Crippen molar-refractivity contribution in [2.24, 2.45) is 30.2 Å². The van der Waals surface area contributed by atoms with Crippen LogP contribution in [0.5, 0.6) is 0 Å². The first-order valence-electron chi connectivity index (χ1n) is 10.2. The predicted octanol–water partition coefficient (Wildman–Crippen LogP) is 2.19. The maximum absolute atomic E-state index is 13.5. The summed E-state index contributed by atoms with van der Waals surface area (Å²) in [5.74, 6) is 3.09. The van der Waals surface area contributed by atoms with Gasteiger partial charge in [-0.05, 0) is 66.2 Å². The van der Waals surface area contributed by atoms with Crippen molar-refractivity contribution in [3.05, 3.63) is 16.4 Å². The molecule has 1 aromatic heterocycles. The lowest BCUT2D eigenvalue weighted by molar-refractivity contribution is -0.388. The van der Waals surface area contributed by atoms with Gasteiger partial charge in [-0.2, -0.15) is 0 Å². The van der Waals surface area contributed by atoms with Gasteiger partial charge in [0.1, 0.15) is 0 Å². The number of carbonyl (C=O) groups is 1. The molecule has 8 nitrogen and oxygen atoms in total. The summed E-state index contributed by atoms with van der Waals surface area (Å²) in [5, 5.41) is 11.2. The number of hydrogen-bond acceptors (Lipinski definition) is 5. The van der Waals surface area contributed by atoms with E-state index in [9.17, 15) is 14.9 Å². The average Bonchev–Trinajstić information content (AvgIpc) is 3.02. The largest absolute Gasteiger partial charge is 0.406 e. The number of aromatic nitrogens is 2. The van der Waals surface area contributed by atoms with Crippen molar-refractivity contribution in [2.75, 3.05) is 31.1 Å². The summed E-state index contributed by atoms with van der Waals surface area (Å²) in [5.41, 5.74) is -0.102. The molecule has 4 bridgehead atoms. The van der Waals surface area contributed by atoms with Crippen molar-refractivity contribution in [2.45, 2.75) is 38.5 Å². The van der Waals surface area contributed by atoms with Crippen LogP contribution in [0.3, 0.4) is 0 Å². The number of carbonyl (C=O) groups excluding carboxylic acids is 1. The number of nitrogens with zero attached hydrogens (tertiary/aromatic N) is 5. The Bertz CT molecular complexity index is 745. The topological polar surface area (TPSA) is 84.5 Å². The number of rotatable bonds is 3. The van der Waals surface area contributed by atoms with Crippen LogP contribution in [0.4, 0.5) is 11.6 Å². The Morgan fingerprint density at radius 2 is 1.67 bits per heavy atom. The van der Waals surface area contributed by atoms with Gasteiger partial charge >= 0.3 is 5.82 Å². The van der Waals surface area contributed by atoms with E-state index in [1.54, 1.807) is 11.6 Å². The third-order valence-electron chi connectivity index (χ3n) is 7.42. The molecule has 0 N–H and O–H groups in total. The van der Waals surface area contributed by atoms with Crippen molar-refractivity contribution in [3.8, 4) is 0 Å². The molecule has 5 aliphatic rings. The molecule has 4 saturated carbocycles. The summed E-state index contributed by atoms with van der Waals surface area (Å²) < 4.78 is 1.70. The van der Waals surface area contributed by atoms with Crippen molar-refractivity contribution in [1.82, 2.24) is 14.5 Å². The van der Waals surface area contributed by atoms with E-state index in [0.717, 1.165) is 37.0 Å². The minimum absolute atomic E-state index is 0.0987. The monoisotopic (exact) mass is 373 g/mol. The highest BCUT2D eigenvalue weighted by molar-refractivity contribution is 5.83. The van der Waals surface area contributed by atoms with Gasteiger partial charge < -0.3 is 19.9 Å². The molecule has 0 aromatic carbocycles. The fourth-order valence-corrected chi connectivity index (χ4v) is 6.73. The third-order valence-corrected chi connectivity index (χ3v) is 7.42. The lowest BCUT2D eigenvalue weighted by Gasteiger charge is -2.57. The minimum Gasteiger partial charge on any atom is -0.358 e. The molecule has 27 heavy (non-hydrogen) atoms. The first-order chi connectivity index (χ1) is 12.9. The van der Waals surface area contributed by atoms with Crippen LogP contribution < -0.4 is 4.90 Å². The number of aryl methyl sites for hydroxylation is 1. The molecule has 1 aromatic rings. The molecule has 1 aliphatic heterocycles. The summed E-state index contributed by atoms with van der Waals surface area (Å²) in [7, 11) is 1.78. The lowest BCUT2D eigenvalue weighted by Crippen LogP contribution is -2.58. The van der Waals surface area contributed by atoms with Gasteiger partial charge in [-0.1, -0.05) is 0 Å². The second kappa shape index (κ2) is 5.94. The summed E-state index contributed by atoms with van der Waals surface area (Å²) in [6.45, 7) is 2.53. The molecule has 0 radical (unpaired) electrons. The molecular formula is C19H27N5O3. The number of amides is 1. The number of piperazine rings is 1. The van der Waals surface area contributed by atoms with E-state index in [-0.39, 0.29) is 11.2 Å². The number of anilines is 1. The van der Waals surface area contributed by atoms with Gasteiger partial charge in [-0.3, -0.25) is 9.36 Å². The normalized spacial score (nSPS) is 34.9. The van der Waals surface area contributed by atoms with E-state index in [4.69, 9.17) is 0 Å². The minimum atomic E-state index is -0.428. The second-order valence-electron chi connectivity index (χ2n) is 9.24. The molecule has 1 amide bonds. The summed E-state index contributed by atoms with van der Waals surface area (Å²) >= 11 is 0. The first kappa shape index (κ1) is 17.0. The van der Waals surface area contributed by atoms with Crippen LogP contribution in [0.2, 0.25) is 0 Å². The van der Waals surface area contributed by atoms with Crippen LogP contribution in [0.15, 0.2) is 6.33 Å². The maximum Gasteiger partial charge on any atom is 0.406 e. The standard InChI is InChI=1S/C19H27N5O3/c1-21-12-20-16(24(26)27)17(21)22-2-4-23(5-3-22)18(25)19-9-13-6-14(10-19)8-15(7-13)11-19/h12-15H,2-11H2,1H3. The average molecular weight is 373 g/mol. The molecule has 146 valence electrons. The second-order valence-corrected chi connectivity index (χ2v) is 9.24. The van der Waals surface area contributed by atoms with E-state index in [1.807, 2.05) is 9.80 Å². The Balaban J connectivity index is 1.29. The Kier molecular flexibility index (Phi) is 3.74. The van der Waals surface area contributed by atoms with Gasteiger partial charge in [0.05, 0.1) is 5.41 Å². The Labute approximate surface area is 158 Å². The van der Waals surface area contributed by atoms with Gasteiger partial charge in [-0.25, -0.2) is 0 Å². The first-order valence-corrected chi connectivity index (χ1v) is 10.2. The zero-order valence-electron chi connectivity index (χ0n) is 15.8. The van der Waals surface area contributed by atoms with Crippen molar-refractivity contribution in [3.63, 3.8) is 0 Å². The number of hydrogen-bond donors (Lipinski definition) is 0. The Morgan fingerprint density at radius 3 is 2.19 bits per heavy atom. The van der Waals surface area contributed by atoms with Gasteiger partial charge in [0, 0.05) is 33.2 Å². The zero-order chi connectivity index (χ0) is 18.8. The lowest BCUT2D eigenvalue weighted by atomic mass is 9.49. The molecule has 8 heteroatoms. The van der Waals surface area contributed by atoms with Crippen LogP contribution >= 0.6 is 0 Å². The van der Waals surface area contributed by atoms with Gasteiger partial charge in [0.25, 0.3) is 0 Å². The molecule has 0 atom stereocenters. The van der Waals surface area contributed by atoms with Gasteiger partial charge in [0.2, 0.25) is 18.1 Å². The third kappa shape index (κ3) is 2.63. The van der Waals surface area contributed by atoms with Crippen molar-refractivity contribution < 1.29 is 9.72 Å². The molecule has 5 fully saturated rings. The summed E-state index contributed by atoms with van der Waals surface area (Å²) in [6.07, 6.45) is 8.77. The van der Waals surface area contributed by atoms with Crippen LogP contribution in [0, 0.1) is 33.3 Å². The van der Waals surface area contributed by atoms with E-state index < -0.39 is 4.92 Å². The highest BCUT2D eigenvalue weighted by Gasteiger charge is 2.55. The van der Waals surface area contributed by atoms with Crippen LogP contribution in [-0.2, 0) is 11.8 Å². The van der Waals surface area contributed by atoms with Gasteiger partial charge in [0.15, 0.2) is 0 Å². The molecule has 4 aliphatic carbocycles. The maximum atomic E-state index is 13.5. The Morgan fingerprint density at radius 1 is 1.11 bits per heavy atom. The van der Waals surface area contributed by atoms with Crippen molar-refractivity contribution in [1.29, 1.82) is 0 Å². The highest BCUT2D eigenvalue weighted by atomic mass is 16.6. The zero-order valence-corrected chi connectivity index (χ0v) is 15.8. The van der Waals surface area contributed by atoms with E-state index in [0.29, 0.717) is 37.9 Å². The summed E-state index contributed by atoms with van der Waals surface area (Å²) in [4.78, 5) is 32.2. The number of imidazole rings is 1. The quantitative estimate of drug-likeness (QED) is 0.599. The molecule has 6 rings (SSSR count). The molecule has 0 unspecified atom stereocenters. The molecular weight excluding hydrogens is 346 g/mol. The molecule has 0 spiro atoms. The van der Waals surface area contributed by atoms with Gasteiger partial charge in [-0.15, -0.1) is 0 Å². The van der Waals surface area contributed by atoms with E-state index in [2.05, 4.69) is 4.98 Å². The SMILES string of the molecule is Cn1cnc([N+](=O)[O-])c1N1CCN(C(=O)C23CC4CC(CC(C4)C2)C3)CC1. The molecule has 2 heterocycles. The molecule has 1 saturated heterocycles. The van der Waals surface area contributed by atoms with Crippen LogP contribution in [0.1, 0.15) is 38.5 Å². The predicted molar refractivity (Wildman–Crippen MR) is 99.3 cm³/mol.